The van der Waals surface area contributed by atoms with Crippen molar-refractivity contribution in [1.82, 2.24) is 15.1 Å². The van der Waals surface area contributed by atoms with Gasteiger partial charge in [0.1, 0.15) is 5.01 Å². The molecule has 0 amide bonds. The van der Waals surface area contributed by atoms with E-state index in [1.165, 1.54) is 0 Å². The molecule has 0 saturated carbocycles. The number of hydrogen-bond acceptors (Lipinski definition) is 5. The molecule has 0 unspecified atom stereocenters. The summed E-state index contributed by atoms with van der Waals surface area (Å²) in [5, 5.41) is 10.5. The minimum atomic E-state index is 0.624. The lowest BCUT2D eigenvalue weighted by Crippen LogP contribution is -2.37. The highest BCUT2D eigenvalue weighted by atomic mass is 32.1. The molecule has 0 radical (unpaired) electrons. The quantitative estimate of drug-likeness (QED) is 0.824. The van der Waals surface area contributed by atoms with E-state index in [4.69, 9.17) is 0 Å². The van der Waals surface area contributed by atoms with Gasteiger partial charge in [-0.25, -0.2) is 0 Å². The van der Waals surface area contributed by atoms with Gasteiger partial charge in [-0.2, -0.15) is 0 Å². The van der Waals surface area contributed by atoms with Gasteiger partial charge in [-0.3, -0.25) is 0 Å². The molecule has 1 aromatic rings. The molecule has 2 heterocycles. The highest BCUT2D eigenvalue weighted by Crippen LogP contribution is 2.32. The Hall–Kier alpha value is -0.680. The number of aryl methyl sites for hydroxylation is 1. The smallest absolute Gasteiger partial charge is 0.208 e. The normalized spacial score (nSPS) is 25.2. The van der Waals surface area contributed by atoms with Crippen LogP contribution < -0.4 is 4.90 Å². The van der Waals surface area contributed by atoms with Crippen molar-refractivity contribution in [2.24, 2.45) is 11.8 Å². The lowest BCUT2D eigenvalue weighted by molar-refractivity contribution is 0.216. The van der Waals surface area contributed by atoms with E-state index in [2.05, 4.69) is 47.9 Å². The molecule has 1 aliphatic heterocycles. The molecule has 2 rings (SSSR count). The van der Waals surface area contributed by atoms with E-state index in [1.807, 2.05) is 6.92 Å². The molecule has 1 aromatic heterocycles. The first-order valence-corrected chi connectivity index (χ1v) is 7.02. The van der Waals surface area contributed by atoms with Crippen molar-refractivity contribution in [3.05, 3.63) is 5.01 Å². The lowest BCUT2D eigenvalue weighted by atomic mass is 9.91. The molecule has 0 aromatic carbocycles. The summed E-state index contributed by atoms with van der Waals surface area (Å²) in [6, 6.07) is 0.624. The van der Waals surface area contributed by atoms with Gasteiger partial charge in [0, 0.05) is 19.1 Å². The fourth-order valence-electron chi connectivity index (χ4n) is 2.58. The van der Waals surface area contributed by atoms with Crippen LogP contribution in [0.5, 0.6) is 0 Å². The van der Waals surface area contributed by atoms with Crippen molar-refractivity contribution >= 4 is 16.5 Å². The summed E-state index contributed by atoms with van der Waals surface area (Å²) in [6.07, 6.45) is 0. The van der Waals surface area contributed by atoms with Gasteiger partial charge in [0.2, 0.25) is 5.13 Å². The van der Waals surface area contributed by atoms with Crippen molar-refractivity contribution in [3.8, 4) is 0 Å². The van der Waals surface area contributed by atoms with Crippen LogP contribution in [0.3, 0.4) is 0 Å². The van der Waals surface area contributed by atoms with Crippen LogP contribution in [-0.2, 0) is 0 Å². The summed E-state index contributed by atoms with van der Waals surface area (Å²) in [6.45, 7) is 8.83. The minimum absolute atomic E-state index is 0.624. The summed E-state index contributed by atoms with van der Waals surface area (Å²) in [4.78, 5) is 4.73. The van der Waals surface area contributed by atoms with Crippen LogP contribution in [0.15, 0.2) is 0 Å². The van der Waals surface area contributed by atoms with Crippen LogP contribution in [0, 0.1) is 18.8 Å². The highest BCUT2D eigenvalue weighted by Gasteiger charge is 2.36. The van der Waals surface area contributed by atoms with Gasteiger partial charge in [-0.15, -0.1) is 10.2 Å². The Morgan fingerprint density at radius 1 is 1.29 bits per heavy atom. The third kappa shape index (κ3) is 2.60. The number of anilines is 1. The Morgan fingerprint density at radius 2 is 2.00 bits per heavy atom. The number of likely N-dealkylation sites (N-methyl/N-ethyl adjacent to an activating group) is 1. The maximum Gasteiger partial charge on any atom is 0.208 e. The van der Waals surface area contributed by atoms with E-state index in [0.717, 1.165) is 23.2 Å². The fraction of sp³-hybridized carbons (Fsp3) is 0.833. The predicted octanol–water partition coefficient (Wildman–Crippen LogP) is 1.87. The molecule has 1 fully saturated rings. The molecule has 1 saturated heterocycles. The zero-order chi connectivity index (χ0) is 12.6. The van der Waals surface area contributed by atoms with Gasteiger partial charge in [0.15, 0.2) is 0 Å². The third-order valence-electron chi connectivity index (χ3n) is 3.64. The molecule has 0 bridgehead atoms. The van der Waals surface area contributed by atoms with Crippen molar-refractivity contribution in [3.63, 3.8) is 0 Å². The molecule has 0 spiro atoms. The van der Waals surface area contributed by atoms with E-state index in [0.29, 0.717) is 17.9 Å². The van der Waals surface area contributed by atoms with E-state index in [9.17, 15) is 0 Å². The molecule has 0 N–H and O–H groups in total. The van der Waals surface area contributed by atoms with Crippen molar-refractivity contribution in [1.29, 1.82) is 0 Å². The molecular formula is C12H22N4S. The van der Waals surface area contributed by atoms with Crippen LogP contribution in [0.25, 0.3) is 0 Å². The average Bonchev–Trinajstić information content (AvgIpc) is 2.82. The topological polar surface area (TPSA) is 32.3 Å². The molecule has 17 heavy (non-hydrogen) atoms. The zero-order valence-corrected chi connectivity index (χ0v) is 12.2. The first kappa shape index (κ1) is 12.8. The number of aromatic nitrogens is 2. The number of nitrogens with zero attached hydrogens (tertiary/aromatic N) is 4. The largest absolute Gasteiger partial charge is 0.345 e. The Kier molecular flexibility index (Phi) is 3.68. The van der Waals surface area contributed by atoms with Crippen molar-refractivity contribution in [2.75, 3.05) is 32.1 Å². The molecule has 2 atom stereocenters. The average molecular weight is 254 g/mol. The Morgan fingerprint density at radius 3 is 2.41 bits per heavy atom. The molecule has 0 aliphatic carbocycles. The zero-order valence-electron chi connectivity index (χ0n) is 11.3. The van der Waals surface area contributed by atoms with E-state index in [1.54, 1.807) is 11.3 Å². The van der Waals surface area contributed by atoms with E-state index in [-0.39, 0.29) is 0 Å². The maximum atomic E-state index is 4.26. The van der Waals surface area contributed by atoms with Crippen LogP contribution in [0.1, 0.15) is 18.9 Å². The van der Waals surface area contributed by atoms with Gasteiger partial charge >= 0.3 is 0 Å². The molecule has 4 nitrogen and oxygen atoms in total. The second-order valence-corrected chi connectivity index (χ2v) is 6.61. The summed E-state index contributed by atoms with van der Waals surface area (Å²) in [5.41, 5.74) is 0. The van der Waals surface area contributed by atoms with Crippen LogP contribution in [0.4, 0.5) is 5.13 Å². The Bertz CT molecular complexity index is 358. The van der Waals surface area contributed by atoms with Gasteiger partial charge in [0.25, 0.3) is 0 Å². The van der Waals surface area contributed by atoms with Gasteiger partial charge < -0.3 is 9.80 Å². The molecule has 96 valence electrons. The second kappa shape index (κ2) is 4.90. The van der Waals surface area contributed by atoms with Crippen LogP contribution in [-0.4, -0.2) is 48.3 Å². The predicted molar refractivity (Wildman–Crippen MR) is 72.7 cm³/mol. The summed E-state index contributed by atoms with van der Waals surface area (Å²) in [5.74, 6) is 1.43. The molecule has 5 heteroatoms. The minimum Gasteiger partial charge on any atom is -0.345 e. The van der Waals surface area contributed by atoms with Crippen LogP contribution >= 0.6 is 11.3 Å². The standard InChI is InChI=1S/C12H22N4S/c1-8(2)10-6-16(7-11(10)15(4)5)12-14-13-9(3)17-12/h8,10-11H,6-7H2,1-5H3/t10-,11+/m1/s1. The van der Waals surface area contributed by atoms with Crippen molar-refractivity contribution < 1.29 is 0 Å². The van der Waals surface area contributed by atoms with Gasteiger partial charge in [0.05, 0.1) is 0 Å². The Labute approximate surface area is 108 Å². The summed E-state index contributed by atoms with van der Waals surface area (Å²) < 4.78 is 0. The first-order chi connectivity index (χ1) is 7.99. The SMILES string of the molecule is Cc1nnc(N2C[C@H](C(C)C)[C@@H](N(C)C)C2)s1. The Balaban J connectivity index is 2.14. The van der Waals surface area contributed by atoms with E-state index < -0.39 is 0 Å². The van der Waals surface area contributed by atoms with Crippen molar-refractivity contribution in [2.45, 2.75) is 26.8 Å². The van der Waals surface area contributed by atoms with Gasteiger partial charge in [-0.1, -0.05) is 25.2 Å². The third-order valence-corrected chi connectivity index (χ3v) is 4.54. The molecule has 1 aliphatic rings. The monoisotopic (exact) mass is 254 g/mol. The first-order valence-electron chi connectivity index (χ1n) is 6.20. The van der Waals surface area contributed by atoms with Gasteiger partial charge in [-0.05, 0) is 32.9 Å². The highest BCUT2D eigenvalue weighted by molar-refractivity contribution is 7.15. The fourth-order valence-corrected chi connectivity index (χ4v) is 3.29. The number of hydrogen-bond donors (Lipinski definition) is 0. The molecular weight excluding hydrogens is 232 g/mol. The second-order valence-electron chi connectivity index (χ2n) is 5.45. The van der Waals surface area contributed by atoms with Crippen LogP contribution in [0.2, 0.25) is 0 Å². The van der Waals surface area contributed by atoms with E-state index >= 15 is 0 Å². The number of rotatable bonds is 3. The maximum absolute atomic E-state index is 4.26. The lowest BCUT2D eigenvalue weighted by Gasteiger charge is -2.27. The summed E-state index contributed by atoms with van der Waals surface area (Å²) in [7, 11) is 4.35. The summed E-state index contributed by atoms with van der Waals surface area (Å²) >= 11 is 1.70.